The van der Waals surface area contributed by atoms with Crippen molar-refractivity contribution >= 4 is 5.97 Å². The molecule has 1 aromatic heterocycles. The molecule has 0 amide bonds. The molecule has 2 N–H and O–H groups in total. The van der Waals surface area contributed by atoms with Crippen molar-refractivity contribution in [3.8, 4) is 0 Å². The topological polar surface area (TPSA) is 62.2 Å². The molecule has 88 valence electrons. The average Bonchev–Trinajstić information content (AvgIpc) is 2.26. The molecule has 0 radical (unpaired) electrons. The normalized spacial score (nSPS) is 12.4. The molecular weight excluding hydrogens is 204 g/mol. The molecule has 0 fully saturated rings. The fraction of sp³-hybridized carbons (Fsp3) is 0.500. The van der Waals surface area contributed by atoms with Gasteiger partial charge in [0.2, 0.25) is 0 Å². The quantitative estimate of drug-likeness (QED) is 0.769. The summed E-state index contributed by atoms with van der Waals surface area (Å²) < 4.78 is 0. The van der Waals surface area contributed by atoms with Gasteiger partial charge in [-0.3, -0.25) is 15.1 Å². The Labute approximate surface area is 95.7 Å². The van der Waals surface area contributed by atoms with Gasteiger partial charge in [0.15, 0.2) is 0 Å². The number of carboxylic acid groups (broad SMARTS) is 1. The summed E-state index contributed by atoms with van der Waals surface area (Å²) in [5.41, 5.74) is 1.97. The standard InChI is InChI=1S/C12H18N2O2/c1-3-4-11(12(15)16)14-8-10-6-5-9(2)7-13-10/h5-7,11,14H,3-4,8H2,1-2H3,(H,15,16). The number of pyridine rings is 1. The van der Waals surface area contributed by atoms with Crippen LogP contribution >= 0.6 is 0 Å². The zero-order valence-corrected chi connectivity index (χ0v) is 9.73. The van der Waals surface area contributed by atoms with Gasteiger partial charge in [0.25, 0.3) is 0 Å². The van der Waals surface area contributed by atoms with E-state index in [1.54, 1.807) is 6.20 Å². The fourth-order valence-electron chi connectivity index (χ4n) is 1.43. The van der Waals surface area contributed by atoms with Gasteiger partial charge in [-0.2, -0.15) is 0 Å². The molecule has 4 heteroatoms. The number of carbonyl (C=O) groups is 1. The molecule has 0 saturated heterocycles. The molecule has 16 heavy (non-hydrogen) atoms. The second-order valence-corrected chi connectivity index (χ2v) is 3.89. The third kappa shape index (κ3) is 3.98. The summed E-state index contributed by atoms with van der Waals surface area (Å²) in [6.07, 6.45) is 3.28. The third-order valence-electron chi connectivity index (χ3n) is 2.38. The van der Waals surface area contributed by atoms with E-state index in [9.17, 15) is 4.79 Å². The highest BCUT2D eigenvalue weighted by Gasteiger charge is 2.15. The van der Waals surface area contributed by atoms with E-state index in [0.29, 0.717) is 13.0 Å². The van der Waals surface area contributed by atoms with Gasteiger partial charge in [0, 0.05) is 12.7 Å². The summed E-state index contributed by atoms with van der Waals surface area (Å²) in [6.45, 7) is 4.44. The lowest BCUT2D eigenvalue weighted by atomic mass is 10.1. The van der Waals surface area contributed by atoms with Crippen LogP contribution in [0.4, 0.5) is 0 Å². The summed E-state index contributed by atoms with van der Waals surface area (Å²) in [4.78, 5) is 15.1. The maximum absolute atomic E-state index is 10.9. The van der Waals surface area contributed by atoms with Gasteiger partial charge in [-0.1, -0.05) is 19.4 Å². The number of nitrogens with zero attached hydrogens (tertiary/aromatic N) is 1. The van der Waals surface area contributed by atoms with E-state index in [2.05, 4.69) is 10.3 Å². The van der Waals surface area contributed by atoms with E-state index >= 15 is 0 Å². The summed E-state index contributed by atoms with van der Waals surface area (Å²) in [5, 5.41) is 11.9. The lowest BCUT2D eigenvalue weighted by molar-refractivity contribution is -0.139. The first-order valence-electron chi connectivity index (χ1n) is 5.51. The van der Waals surface area contributed by atoms with Crippen LogP contribution in [0.3, 0.4) is 0 Å². The van der Waals surface area contributed by atoms with Crippen molar-refractivity contribution in [3.05, 3.63) is 29.6 Å². The highest BCUT2D eigenvalue weighted by molar-refractivity contribution is 5.73. The van der Waals surface area contributed by atoms with Gasteiger partial charge >= 0.3 is 5.97 Å². The molecule has 0 aliphatic carbocycles. The van der Waals surface area contributed by atoms with E-state index in [1.807, 2.05) is 26.0 Å². The maximum Gasteiger partial charge on any atom is 0.320 e. The Morgan fingerprint density at radius 2 is 2.31 bits per heavy atom. The molecular formula is C12H18N2O2. The van der Waals surface area contributed by atoms with Gasteiger partial charge in [0.05, 0.1) is 5.69 Å². The summed E-state index contributed by atoms with van der Waals surface area (Å²) in [5.74, 6) is -0.797. The summed E-state index contributed by atoms with van der Waals surface area (Å²) in [7, 11) is 0. The minimum Gasteiger partial charge on any atom is -0.480 e. The molecule has 0 bridgehead atoms. The molecule has 0 aliphatic rings. The van der Waals surface area contributed by atoms with Crippen LogP contribution in [-0.2, 0) is 11.3 Å². The lowest BCUT2D eigenvalue weighted by Crippen LogP contribution is -2.36. The molecule has 1 rings (SSSR count). The summed E-state index contributed by atoms with van der Waals surface area (Å²) >= 11 is 0. The van der Waals surface area contributed by atoms with Crippen molar-refractivity contribution in [2.24, 2.45) is 0 Å². The van der Waals surface area contributed by atoms with E-state index in [4.69, 9.17) is 5.11 Å². The maximum atomic E-state index is 10.9. The zero-order valence-electron chi connectivity index (χ0n) is 9.73. The van der Waals surface area contributed by atoms with Gasteiger partial charge in [-0.25, -0.2) is 0 Å². The number of aliphatic carboxylic acids is 1. The Kier molecular flexibility index (Phi) is 4.92. The second kappa shape index (κ2) is 6.23. The van der Waals surface area contributed by atoms with E-state index in [0.717, 1.165) is 17.7 Å². The van der Waals surface area contributed by atoms with Gasteiger partial charge < -0.3 is 5.11 Å². The van der Waals surface area contributed by atoms with Crippen LogP contribution in [-0.4, -0.2) is 22.1 Å². The van der Waals surface area contributed by atoms with Crippen LogP contribution in [0.15, 0.2) is 18.3 Å². The van der Waals surface area contributed by atoms with Crippen molar-refractivity contribution < 1.29 is 9.90 Å². The number of hydrogen-bond acceptors (Lipinski definition) is 3. The van der Waals surface area contributed by atoms with Crippen LogP contribution in [0.1, 0.15) is 31.0 Å². The van der Waals surface area contributed by atoms with Gasteiger partial charge in [0.1, 0.15) is 6.04 Å². The SMILES string of the molecule is CCCC(NCc1ccc(C)cn1)C(=O)O. The first-order valence-corrected chi connectivity index (χ1v) is 5.51. The van der Waals surface area contributed by atoms with Crippen molar-refractivity contribution in [2.75, 3.05) is 0 Å². The van der Waals surface area contributed by atoms with Crippen LogP contribution < -0.4 is 5.32 Å². The molecule has 1 heterocycles. The van der Waals surface area contributed by atoms with Crippen LogP contribution in [0.5, 0.6) is 0 Å². The Morgan fingerprint density at radius 3 is 2.81 bits per heavy atom. The van der Waals surface area contributed by atoms with Crippen LogP contribution in [0.25, 0.3) is 0 Å². The highest BCUT2D eigenvalue weighted by Crippen LogP contribution is 2.01. The minimum absolute atomic E-state index is 0.479. The molecule has 1 unspecified atom stereocenters. The molecule has 0 aliphatic heterocycles. The second-order valence-electron chi connectivity index (χ2n) is 3.89. The average molecular weight is 222 g/mol. The van der Waals surface area contributed by atoms with E-state index in [1.165, 1.54) is 0 Å². The minimum atomic E-state index is -0.797. The number of rotatable bonds is 6. The van der Waals surface area contributed by atoms with Gasteiger partial charge in [-0.15, -0.1) is 0 Å². The third-order valence-corrected chi connectivity index (χ3v) is 2.38. The van der Waals surface area contributed by atoms with E-state index in [-0.39, 0.29) is 0 Å². The molecule has 4 nitrogen and oxygen atoms in total. The van der Waals surface area contributed by atoms with Crippen molar-refractivity contribution in [2.45, 2.75) is 39.3 Å². The highest BCUT2D eigenvalue weighted by atomic mass is 16.4. The molecule has 1 aromatic rings. The van der Waals surface area contributed by atoms with Crippen molar-refractivity contribution in [1.29, 1.82) is 0 Å². The van der Waals surface area contributed by atoms with Crippen molar-refractivity contribution in [1.82, 2.24) is 10.3 Å². The number of nitrogens with one attached hydrogen (secondary N) is 1. The van der Waals surface area contributed by atoms with Gasteiger partial charge in [-0.05, 0) is 25.0 Å². The molecule has 0 spiro atoms. The fourth-order valence-corrected chi connectivity index (χ4v) is 1.43. The van der Waals surface area contributed by atoms with Crippen LogP contribution in [0, 0.1) is 6.92 Å². The monoisotopic (exact) mass is 222 g/mol. The predicted octanol–water partition coefficient (Wildman–Crippen LogP) is 1.73. The smallest absolute Gasteiger partial charge is 0.320 e. The molecule has 0 aromatic carbocycles. The van der Waals surface area contributed by atoms with E-state index < -0.39 is 12.0 Å². The molecule has 1 atom stereocenters. The Balaban J connectivity index is 2.48. The molecule has 0 saturated carbocycles. The Bertz CT molecular complexity index is 335. The Hall–Kier alpha value is -1.42. The number of carboxylic acids is 1. The Morgan fingerprint density at radius 1 is 1.56 bits per heavy atom. The first kappa shape index (κ1) is 12.6. The number of aryl methyl sites for hydroxylation is 1. The van der Waals surface area contributed by atoms with Crippen LogP contribution in [0.2, 0.25) is 0 Å². The number of aromatic nitrogens is 1. The predicted molar refractivity (Wildman–Crippen MR) is 62.1 cm³/mol. The van der Waals surface area contributed by atoms with Crippen molar-refractivity contribution in [3.63, 3.8) is 0 Å². The first-order chi connectivity index (χ1) is 7.63. The lowest BCUT2D eigenvalue weighted by Gasteiger charge is -2.12. The largest absolute Gasteiger partial charge is 0.480 e. The zero-order chi connectivity index (χ0) is 12.0. The summed E-state index contributed by atoms with van der Waals surface area (Å²) in [6, 6.07) is 3.40. The number of hydrogen-bond donors (Lipinski definition) is 2.